The summed E-state index contributed by atoms with van der Waals surface area (Å²) >= 11 is 0. The molecule has 0 saturated carbocycles. The first kappa shape index (κ1) is 21.2. The highest BCUT2D eigenvalue weighted by atomic mass is 32.2. The lowest BCUT2D eigenvalue weighted by molar-refractivity contribution is -0.126. The van der Waals surface area contributed by atoms with Gasteiger partial charge in [0.15, 0.2) is 0 Å². The van der Waals surface area contributed by atoms with E-state index >= 15 is 0 Å². The van der Waals surface area contributed by atoms with Gasteiger partial charge in [-0.05, 0) is 51.3 Å². The van der Waals surface area contributed by atoms with Gasteiger partial charge in [0.05, 0.1) is 4.91 Å². The second kappa shape index (κ2) is 9.19. The number of hydrogen-bond acceptors (Lipinski definition) is 4. The topological polar surface area (TPSA) is 86.7 Å². The van der Waals surface area contributed by atoms with Gasteiger partial charge in [-0.15, -0.1) is 0 Å². The molecule has 1 heterocycles. The van der Waals surface area contributed by atoms with E-state index in [1.165, 1.54) is 28.9 Å². The number of nitrogens with one attached hydrogen (secondary N) is 1. The fraction of sp³-hybridized carbons (Fsp3) is 0.450. The quantitative estimate of drug-likeness (QED) is 0.575. The molecule has 0 aromatic heterocycles. The van der Waals surface area contributed by atoms with Crippen molar-refractivity contribution in [3.05, 3.63) is 58.2 Å². The summed E-state index contributed by atoms with van der Waals surface area (Å²) in [7, 11) is -3.61. The molecule has 1 aliphatic rings. The number of benzene rings is 1. The van der Waals surface area contributed by atoms with Gasteiger partial charge in [-0.25, -0.2) is 8.42 Å². The number of piperidine rings is 1. The van der Waals surface area contributed by atoms with Gasteiger partial charge in [-0.1, -0.05) is 29.8 Å². The van der Waals surface area contributed by atoms with Crippen molar-refractivity contribution in [2.75, 3.05) is 13.1 Å². The summed E-state index contributed by atoms with van der Waals surface area (Å²) < 4.78 is 26.5. The fourth-order valence-electron chi connectivity index (χ4n) is 2.97. The van der Waals surface area contributed by atoms with Gasteiger partial charge in [-0.3, -0.25) is 4.79 Å². The second-order valence-corrected chi connectivity index (χ2v) is 8.96. The molecule has 0 atom stereocenters. The molecule has 1 amide bonds. The highest BCUT2D eigenvalue weighted by Gasteiger charge is 2.31. The smallest absolute Gasteiger partial charge is 0.239 e. The van der Waals surface area contributed by atoms with E-state index in [1.54, 1.807) is 6.92 Å². The predicted octanol–water partition coefficient (Wildman–Crippen LogP) is 3.02. The lowest BCUT2D eigenvalue weighted by atomic mass is 9.97. The van der Waals surface area contributed by atoms with Crippen LogP contribution < -0.4 is 5.32 Å². The summed E-state index contributed by atoms with van der Waals surface area (Å²) in [6.45, 7) is 6.18. The number of aryl methyl sites for hydroxylation is 1. The normalized spacial score (nSPS) is 17.7. The van der Waals surface area contributed by atoms with E-state index in [-0.39, 0.29) is 22.5 Å². The average Bonchev–Trinajstić information content (AvgIpc) is 2.67. The van der Waals surface area contributed by atoms with E-state index in [1.807, 2.05) is 31.2 Å². The third-order valence-electron chi connectivity index (χ3n) is 4.81. The molecular formula is C20H28N2O4S. The zero-order valence-corrected chi connectivity index (χ0v) is 16.9. The Morgan fingerprint density at radius 1 is 1.26 bits per heavy atom. The Bertz CT molecular complexity index is 818. The van der Waals surface area contributed by atoms with E-state index in [0.29, 0.717) is 32.5 Å². The minimum absolute atomic E-state index is 0.0357. The van der Waals surface area contributed by atoms with Crippen LogP contribution in [0.25, 0.3) is 0 Å². The minimum atomic E-state index is -3.61. The van der Waals surface area contributed by atoms with Crippen LogP contribution in [0.15, 0.2) is 47.1 Å². The highest BCUT2D eigenvalue weighted by Crippen LogP contribution is 2.23. The first-order chi connectivity index (χ1) is 12.7. The van der Waals surface area contributed by atoms with E-state index in [4.69, 9.17) is 0 Å². The van der Waals surface area contributed by atoms with E-state index < -0.39 is 10.0 Å². The molecule has 0 radical (unpaired) electrons. The molecule has 1 aromatic rings. The number of sulfonamides is 1. The molecule has 0 unspecified atom stereocenters. The number of rotatable bonds is 6. The number of nitrogens with zero attached hydrogens (tertiary/aromatic N) is 1. The molecule has 7 heteroatoms. The Morgan fingerprint density at radius 2 is 1.85 bits per heavy atom. The van der Waals surface area contributed by atoms with Crippen LogP contribution in [0.2, 0.25) is 0 Å². The molecule has 1 fully saturated rings. The second-order valence-electron chi connectivity index (χ2n) is 6.85. The van der Waals surface area contributed by atoms with E-state index in [2.05, 4.69) is 5.32 Å². The molecule has 148 valence electrons. The van der Waals surface area contributed by atoms with Crippen LogP contribution in [-0.2, 0) is 21.4 Å². The van der Waals surface area contributed by atoms with Crippen LogP contribution in [0, 0.1) is 12.8 Å². The Balaban J connectivity index is 1.89. The Kier molecular flexibility index (Phi) is 7.21. The van der Waals surface area contributed by atoms with Gasteiger partial charge < -0.3 is 10.4 Å². The lowest BCUT2D eigenvalue weighted by Crippen LogP contribution is -2.43. The van der Waals surface area contributed by atoms with Gasteiger partial charge >= 0.3 is 0 Å². The third-order valence-corrected chi connectivity index (χ3v) is 6.78. The van der Waals surface area contributed by atoms with Crippen molar-refractivity contribution in [2.45, 2.75) is 40.2 Å². The van der Waals surface area contributed by atoms with Gasteiger partial charge in [0, 0.05) is 25.6 Å². The zero-order valence-electron chi connectivity index (χ0n) is 16.1. The molecule has 0 bridgehead atoms. The number of carbonyl (C=O) groups is 1. The van der Waals surface area contributed by atoms with Crippen molar-refractivity contribution in [3.8, 4) is 0 Å². The average molecular weight is 393 g/mol. The summed E-state index contributed by atoms with van der Waals surface area (Å²) in [5, 5.41) is 12.5. The van der Waals surface area contributed by atoms with Gasteiger partial charge in [0.2, 0.25) is 15.9 Å². The number of aliphatic hydroxyl groups excluding tert-OH is 1. The summed E-state index contributed by atoms with van der Waals surface area (Å²) in [6.07, 6.45) is 3.66. The van der Waals surface area contributed by atoms with Gasteiger partial charge in [0.1, 0.15) is 5.76 Å². The van der Waals surface area contributed by atoms with Crippen molar-refractivity contribution in [3.63, 3.8) is 0 Å². The zero-order chi connectivity index (χ0) is 20.0. The third kappa shape index (κ3) is 5.68. The van der Waals surface area contributed by atoms with Crippen molar-refractivity contribution in [1.82, 2.24) is 9.62 Å². The molecule has 27 heavy (non-hydrogen) atoms. The molecule has 1 aromatic carbocycles. The monoisotopic (exact) mass is 392 g/mol. The molecule has 1 aliphatic heterocycles. The number of hydrogen-bond donors (Lipinski definition) is 2. The van der Waals surface area contributed by atoms with Crippen LogP contribution in [0.3, 0.4) is 0 Å². The predicted molar refractivity (Wildman–Crippen MR) is 106 cm³/mol. The SMILES string of the molecule is C/C=C(O)\C=C(/C)S(=O)(=O)N1CCC(C(=O)NCc2ccc(C)cc2)CC1. The first-order valence-corrected chi connectivity index (χ1v) is 10.5. The Labute approximate surface area is 161 Å². The Hall–Kier alpha value is -2.12. The van der Waals surface area contributed by atoms with Gasteiger partial charge in [-0.2, -0.15) is 4.31 Å². The fourth-order valence-corrected chi connectivity index (χ4v) is 4.34. The van der Waals surface area contributed by atoms with Crippen LogP contribution in [0.1, 0.15) is 37.8 Å². The molecule has 1 saturated heterocycles. The summed E-state index contributed by atoms with van der Waals surface area (Å²) in [6, 6.07) is 7.98. The van der Waals surface area contributed by atoms with Crippen LogP contribution in [0.4, 0.5) is 0 Å². The lowest BCUT2D eigenvalue weighted by Gasteiger charge is -2.30. The summed E-state index contributed by atoms with van der Waals surface area (Å²) in [5.74, 6) is -0.303. The maximum atomic E-state index is 12.6. The maximum absolute atomic E-state index is 12.6. The first-order valence-electron chi connectivity index (χ1n) is 9.11. The number of carbonyl (C=O) groups excluding carboxylic acids is 1. The van der Waals surface area contributed by atoms with Gasteiger partial charge in [0.25, 0.3) is 0 Å². The number of amides is 1. The summed E-state index contributed by atoms with van der Waals surface area (Å²) in [5.41, 5.74) is 2.21. The van der Waals surface area contributed by atoms with Crippen molar-refractivity contribution >= 4 is 15.9 Å². The molecule has 6 nitrogen and oxygen atoms in total. The van der Waals surface area contributed by atoms with Crippen LogP contribution in [0.5, 0.6) is 0 Å². The van der Waals surface area contributed by atoms with Crippen molar-refractivity contribution < 1.29 is 18.3 Å². The molecule has 2 rings (SSSR count). The summed E-state index contributed by atoms with van der Waals surface area (Å²) in [4.78, 5) is 12.5. The largest absolute Gasteiger partial charge is 0.508 e. The Morgan fingerprint density at radius 3 is 2.41 bits per heavy atom. The number of aliphatic hydroxyl groups is 1. The van der Waals surface area contributed by atoms with Crippen LogP contribution in [-0.4, -0.2) is 36.8 Å². The van der Waals surface area contributed by atoms with E-state index in [9.17, 15) is 18.3 Å². The standard InChI is InChI=1S/C20H28N2O4S/c1-4-19(23)13-16(3)27(25,26)22-11-9-18(10-12-22)20(24)21-14-17-7-5-15(2)6-8-17/h4-8,13,18,23H,9-12,14H2,1-3H3,(H,21,24)/b16-13+,19-4+. The molecular weight excluding hydrogens is 364 g/mol. The molecule has 2 N–H and O–H groups in total. The maximum Gasteiger partial charge on any atom is 0.239 e. The van der Waals surface area contributed by atoms with E-state index in [0.717, 1.165) is 5.56 Å². The molecule has 0 aliphatic carbocycles. The van der Waals surface area contributed by atoms with Crippen molar-refractivity contribution in [2.24, 2.45) is 5.92 Å². The molecule has 0 spiro atoms. The van der Waals surface area contributed by atoms with Crippen LogP contribution >= 0.6 is 0 Å². The number of allylic oxidation sites excluding steroid dienone is 3. The minimum Gasteiger partial charge on any atom is -0.508 e. The van der Waals surface area contributed by atoms with Crippen molar-refractivity contribution in [1.29, 1.82) is 0 Å². The highest BCUT2D eigenvalue weighted by molar-refractivity contribution is 7.93.